The van der Waals surface area contributed by atoms with Crippen LogP contribution in [0.2, 0.25) is 0 Å². The monoisotopic (exact) mass is 249 g/mol. The number of aryl methyl sites for hydroxylation is 1. The average Bonchev–Trinajstić information content (AvgIpc) is 2.56. The molecule has 0 unspecified atom stereocenters. The minimum Gasteiger partial charge on any atom is -0.444 e. The number of carbonyl (C=O) groups excluding carboxylic acids is 2. The summed E-state index contributed by atoms with van der Waals surface area (Å²) < 4.78 is 6.42. The van der Waals surface area contributed by atoms with Crippen LogP contribution < -0.4 is 5.32 Å². The summed E-state index contributed by atoms with van der Waals surface area (Å²) in [6.45, 7) is 5.26. The fraction of sp³-hybridized carbons (Fsp3) is 0.417. The minimum absolute atomic E-state index is 0.103. The third-order valence-electron chi connectivity index (χ3n) is 1.87. The second kappa shape index (κ2) is 4.92. The molecule has 1 N–H and O–H groups in total. The molecule has 0 fully saturated rings. The normalized spacial score (nSPS) is 10.6. The van der Waals surface area contributed by atoms with Gasteiger partial charge in [0.25, 0.3) is 5.78 Å². The molecular weight excluding hydrogens is 234 g/mol. The van der Waals surface area contributed by atoms with Crippen molar-refractivity contribution in [2.75, 3.05) is 5.32 Å². The molecule has 0 spiro atoms. The Morgan fingerprint density at radius 1 is 1.50 bits per heavy atom. The molecule has 96 valence electrons. The topological polar surface area (TPSA) is 73.2 Å². The zero-order valence-electron chi connectivity index (χ0n) is 10.8. The third kappa shape index (κ3) is 3.63. The highest BCUT2D eigenvalue weighted by Gasteiger charge is 2.18. The SMILES string of the molecule is C#CC(=O)c1cc(NC(=O)OC(C)(C)C)n(C)n1. The molecule has 0 saturated carbocycles. The van der Waals surface area contributed by atoms with Gasteiger partial charge < -0.3 is 4.74 Å². The Hall–Kier alpha value is -2.29. The molecule has 0 aliphatic heterocycles. The lowest BCUT2D eigenvalue weighted by molar-refractivity contribution is 0.0634. The standard InChI is InChI=1S/C12H15N3O3/c1-6-9(16)8-7-10(15(5)14-8)13-11(17)18-12(2,3)4/h1,7H,2-5H3,(H,13,17). The Bertz CT molecular complexity index is 518. The summed E-state index contributed by atoms with van der Waals surface area (Å²) in [5.41, 5.74) is -0.494. The fourth-order valence-electron chi connectivity index (χ4n) is 1.18. The predicted molar refractivity (Wildman–Crippen MR) is 66.2 cm³/mol. The summed E-state index contributed by atoms with van der Waals surface area (Å²) in [6, 6.07) is 1.39. The smallest absolute Gasteiger partial charge is 0.413 e. The quantitative estimate of drug-likeness (QED) is 0.490. The lowest BCUT2D eigenvalue weighted by Gasteiger charge is -2.19. The molecule has 18 heavy (non-hydrogen) atoms. The maximum atomic E-state index is 11.5. The predicted octanol–water partition coefficient (Wildman–Crippen LogP) is 1.58. The van der Waals surface area contributed by atoms with Gasteiger partial charge in [-0.3, -0.25) is 14.8 Å². The number of nitrogens with one attached hydrogen (secondary N) is 1. The highest BCUT2D eigenvalue weighted by Crippen LogP contribution is 2.13. The highest BCUT2D eigenvalue weighted by atomic mass is 16.6. The van der Waals surface area contributed by atoms with Crippen molar-refractivity contribution in [1.29, 1.82) is 0 Å². The van der Waals surface area contributed by atoms with Crippen LogP contribution in [0.15, 0.2) is 6.07 Å². The minimum atomic E-state index is -0.620. The first-order valence-electron chi connectivity index (χ1n) is 5.28. The number of hydrogen-bond donors (Lipinski definition) is 1. The Morgan fingerprint density at radius 3 is 2.61 bits per heavy atom. The van der Waals surface area contributed by atoms with Gasteiger partial charge in [-0.05, 0) is 26.7 Å². The van der Waals surface area contributed by atoms with Gasteiger partial charge in [0.2, 0.25) is 0 Å². The van der Waals surface area contributed by atoms with Crippen molar-refractivity contribution in [3.63, 3.8) is 0 Å². The Morgan fingerprint density at radius 2 is 2.11 bits per heavy atom. The maximum Gasteiger partial charge on any atom is 0.413 e. The Labute approximate surface area is 105 Å². The molecule has 0 aliphatic carbocycles. The molecule has 1 rings (SSSR count). The van der Waals surface area contributed by atoms with Gasteiger partial charge in [-0.25, -0.2) is 4.79 Å². The zero-order valence-corrected chi connectivity index (χ0v) is 10.8. The van der Waals surface area contributed by atoms with E-state index in [4.69, 9.17) is 11.2 Å². The largest absolute Gasteiger partial charge is 0.444 e. The number of ketones is 1. The van der Waals surface area contributed by atoms with Gasteiger partial charge >= 0.3 is 6.09 Å². The van der Waals surface area contributed by atoms with E-state index in [1.807, 2.05) is 5.92 Å². The van der Waals surface area contributed by atoms with Crippen molar-refractivity contribution in [3.05, 3.63) is 11.8 Å². The van der Waals surface area contributed by atoms with Crippen LogP contribution in [0.3, 0.4) is 0 Å². The van der Waals surface area contributed by atoms with E-state index in [-0.39, 0.29) is 5.69 Å². The number of aromatic nitrogens is 2. The average molecular weight is 249 g/mol. The number of Topliss-reactive ketones (excluding diaryl/α,β-unsaturated/α-hetero) is 1. The zero-order chi connectivity index (χ0) is 13.9. The molecule has 0 bridgehead atoms. The first-order chi connectivity index (χ1) is 8.23. The molecule has 6 heteroatoms. The van der Waals surface area contributed by atoms with Crippen LogP contribution >= 0.6 is 0 Å². The summed E-state index contributed by atoms with van der Waals surface area (Å²) >= 11 is 0. The van der Waals surface area contributed by atoms with Crippen LogP contribution in [0.5, 0.6) is 0 Å². The second-order valence-electron chi connectivity index (χ2n) is 4.64. The van der Waals surface area contributed by atoms with Crippen LogP contribution in [-0.4, -0.2) is 27.3 Å². The molecule has 1 amide bonds. The van der Waals surface area contributed by atoms with Gasteiger partial charge in [0.05, 0.1) is 0 Å². The van der Waals surface area contributed by atoms with E-state index >= 15 is 0 Å². The van der Waals surface area contributed by atoms with E-state index in [1.165, 1.54) is 10.7 Å². The van der Waals surface area contributed by atoms with Crippen LogP contribution in [0.1, 0.15) is 31.3 Å². The molecule has 1 aromatic rings. The first kappa shape index (κ1) is 13.8. The fourth-order valence-corrected chi connectivity index (χ4v) is 1.18. The molecule has 0 radical (unpaired) electrons. The first-order valence-corrected chi connectivity index (χ1v) is 5.28. The van der Waals surface area contributed by atoms with Crippen molar-refractivity contribution in [1.82, 2.24) is 9.78 Å². The van der Waals surface area contributed by atoms with Crippen LogP contribution in [0, 0.1) is 12.3 Å². The number of carbonyl (C=O) groups is 2. The van der Waals surface area contributed by atoms with Gasteiger partial charge in [0.15, 0.2) is 0 Å². The van der Waals surface area contributed by atoms with Gasteiger partial charge in [0, 0.05) is 13.1 Å². The number of anilines is 1. The van der Waals surface area contributed by atoms with Gasteiger partial charge in [-0.1, -0.05) is 0 Å². The summed E-state index contributed by atoms with van der Waals surface area (Å²) in [6.07, 6.45) is 4.37. The van der Waals surface area contributed by atoms with Crippen LogP contribution in [-0.2, 0) is 11.8 Å². The van der Waals surface area contributed by atoms with Crippen molar-refractivity contribution < 1.29 is 14.3 Å². The van der Waals surface area contributed by atoms with E-state index in [2.05, 4.69) is 10.4 Å². The highest BCUT2D eigenvalue weighted by molar-refractivity contribution is 6.07. The summed E-state index contributed by atoms with van der Waals surface area (Å²) in [4.78, 5) is 22.8. The van der Waals surface area contributed by atoms with Crippen molar-refractivity contribution >= 4 is 17.7 Å². The van der Waals surface area contributed by atoms with Crippen molar-refractivity contribution in [2.24, 2.45) is 7.05 Å². The summed E-state index contributed by atoms with van der Waals surface area (Å²) in [5, 5.41) is 6.37. The summed E-state index contributed by atoms with van der Waals surface area (Å²) in [7, 11) is 1.58. The van der Waals surface area contributed by atoms with E-state index in [9.17, 15) is 9.59 Å². The molecule has 6 nitrogen and oxygen atoms in total. The molecule has 0 atom stereocenters. The van der Waals surface area contributed by atoms with E-state index < -0.39 is 17.5 Å². The molecular formula is C12H15N3O3. The number of terminal acetylenes is 1. The number of rotatable bonds is 2. The molecule has 1 heterocycles. The van der Waals surface area contributed by atoms with Crippen LogP contribution in [0.4, 0.5) is 10.6 Å². The number of ether oxygens (including phenoxy) is 1. The van der Waals surface area contributed by atoms with Gasteiger partial charge in [0.1, 0.15) is 17.1 Å². The third-order valence-corrected chi connectivity index (χ3v) is 1.87. The maximum absolute atomic E-state index is 11.5. The van der Waals surface area contributed by atoms with E-state index in [1.54, 1.807) is 27.8 Å². The lowest BCUT2D eigenvalue weighted by Crippen LogP contribution is -2.27. The van der Waals surface area contributed by atoms with E-state index in [0.717, 1.165) is 0 Å². The second-order valence-corrected chi connectivity index (χ2v) is 4.64. The Balaban J connectivity index is 2.80. The van der Waals surface area contributed by atoms with Gasteiger partial charge in [-0.15, -0.1) is 6.42 Å². The van der Waals surface area contributed by atoms with E-state index in [0.29, 0.717) is 5.82 Å². The molecule has 0 aromatic carbocycles. The number of amides is 1. The molecule has 1 aromatic heterocycles. The summed E-state index contributed by atoms with van der Waals surface area (Å²) in [5.74, 6) is 1.75. The van der Waals surface area contributed by atoms with Gasteiger partial charge in [-0.2, -0.15) is 5.10 Å². The number of hydrogen-bond acceptors (Lipinski definition) is 4. The van der Waals surface area contributed by atoms with Crippen molar-refractivity contribution in [2.45, 2.75) is 26.4 Å². The Kier molecular flexibility index (Phi) is 3.76. The van der Waals surface area contributed by atoms with Crippen molar-refractivity contribution in [3.8, 4) is 12.3 Å². The number of nitrogens with zero attached hydrogens (tertiary/aromatic N) is 2. The van der Waals surface area contributed by atoms with Crippen LogP contribution in [0.25, 0.3) is 0 Å². The molecule has 0 saturated heterocycles. The molecule has 0 aliphatic rings. The lowest BCUT2D eigenvalue weighted by atomic mass is 10.2.